The minimum atomic E-state index is 0.296. The van der Waals surface area contributed by atoms with Gasteiger partial charge < -0.3 is 15.5 Å². The zero-order chi connectivity index (χ0) is 11.5. The molecule has 4 heteroatoms. The largest absolute Gasteiger partial charge is 0.382 e. The fraction of sp³-hybridized carbons (Fsp3) is 0.750. The van der Waals surface area contributed by atoms with Crippen molar-refractivity contribution in [3.63, 3.8) is 0 Å². The highest BCUT2D eigenvalue weighted by Gasteiger charge is 2.19. The molecule has 1 aromatic heterocycles. The Morgan fingerprint density at radius 2 is 2.44 bits per heavy atom. The minimum Gasteiger partial charge on any atom is -0.382 e. The van der Waals surface area contributed by atoms with Crippen molar-refractivity contribution in [3.05, 3.63) is 17.2 Å². The van der Waals surface area contributed by atoms with E-state index in [2.05, 4.69) is 16.9 Å². The quantitative estimate of drug-likeness (QED) is 0.806. The third kappa shape index (κ3) is 2.62. The molecule has 0 bridgehead atoms. The Balaban J connectivity index is 1.96. The third-order valence-corrected chi connectivity index (χ3v) is 3.32. The Morgan fingerprint density at radius 3 is 3.19 bits per heavy atom. The van der Waals surface area contributed by atoms with E-state index in [0.717, 1.165) is 37.9 Å². The summed E-state index contributed by atoms with van der Waals surface area (Å²) >= 11 is 0. The third-order valence-electron chi connectivity index (χ3n) is 3.32. The summed E-state index contributed by atoms with van der Waals surface area (Å²) in [5.74, 6) is 1.09. The number of H-pyrrole nitrogens is 1. The number of hydrogen-bond donors (Lipinski definition) is 2. The summed E-state index contributed by atoms with van der Waals surface area (Å²) in [6.07, 6.45) is 5.29. The van der Waals surface area contributed by atoms with Crippen LogP contribution in [0.5, 0.6) is 0 Å². The molecule has 0 fully saturated rings. The van der Waals surface area contributed by atoms with E-state index in [1.807, 2.05) is 0 Å². The lowest BCUT2D eigenvalue weighted by Gasteiger charge is -2.16. The van der Waals surface area contributed by atoms with Crippen LogP contribution in [-0.4, -0.2) is 29.2 Å². The summed E-state index contributed by atoms with van der Waals surface area (Å²) in [6.45, 7) is 2.08. The molecule has 90 valence electrons. The van der Waals surface area contributed by atoms with E-state index in [-0.39, 0.29) is 0 Å². The number of nitrogens with two attached hydrogens (primary N) is 1. The van der Waals surface area contributed by atoms with Crippen molar-refractivity contribution in [2.24, 2.45) is 5.73 Å². The number of methoxy groups -OCH3 is 1. The molecule has 0 aromatic carbocycles. The van der Waals surface area contributed by atoms with Crippen LogP contribution in [0.2, 0.25) is 0 Å². The monoisotopic (exact) mass is 223 g/mol. The molecule has 0 radical (unpaired) electrons. The van der Waals surface area contributed by atoms with Gasteiger partial charge in [0.25, 0.3) is 0 Å². The lowest BCUT2D eigenvalue weighted by Crippen LogP contribution is -2.27. The number of aromatic nitrogens is 2. The molecule has 3 N–H and O–H groups in total. The first-order chi connectivity index (χ1) is 7.69. The lowest BCUT2D eigenvalue weighted by atomic mass is 9.97. The maximum Gasteiger partial charge on any atom is 0.106 e. The average molecular weight is 223 g/mol. The maximum atomic E-state index is 5.93. The van der Waals surface area contributed by atoms with Crippen LogP contribution in [0.25, 0.3) is 0 Å². The van der Waals surface area contributed by atoms with Crippen LogP contribution in [0.3, 0.4) is 0 Å². The summed E-state index contributed by atoms with van der Waals surface area (Å²) in [5.41, 5.74) is 8.41. The molecule has 1 aromatic rings. The molecule has 1 aliphatic rings. The Hall–Kier alpha value is -0.870. The van der Waals surface area contributed by atoms with Gasteiger partial charge in [-0.1, -0.05) is 0 Å². The van der Waals surface area contributed by atoms with E-state index in [9.17, 15) is 0 Å². The molecule has 0 amide bonds. The van der Waals surface area contributed by atoms with Crippen LogP contribution in [0.15, 0.2) is 0 Å². The fourth-order valence-corrected chi connectivity index (χ4v) is 2.14. The number of imidazole rings is 1. The Kier molecular flexibility index (Phi) is 3.61. The van der Waals surface area contributed by atoms with Crippen LogP contribution in [-0.2, 0) is 24.0 Å². The van der Waals surface area contributed by atoms with E-state index in [4.69, 9.17) is 10.5 Å². The van der Waals surface area contributed by atoms with Crippen molar-refractivity contribution in [1.29, 1.82) is 0 Å². The fourth-order valence-electron chi connectivity index (χ4n) is 2.14. The predicted molar refractivity (Wildman–Crippen MR) is 63.4 cm³/mol. The first kappa shape index (κ1) is 11.6. The number of hydrogen-bond acceptors (Lipinski definition) is 3. The van der Waals surface area contributed by atoms with E-state index in [0.29, 0.717) is 12.1 Å². The topological polar surface area (TPSA) is 63.9 Å². The number of ether oxygens (including phenoxy) is 1. The minimum absolute atomic E-state index is 0.296. The second-order valence-corrected chi connectivity index (χ2v) is 4.70. The molecular formula is C12H21N3O. The van der Waals surface area contributed by atoms with Gasteiger partial charge >= 0.3 is 0 Å². The molecule has 0 saturated heterocycles. The maximum absolute atomic E-state index is 5.93. The second-order valence-electron chi connectivity index (χ2n) is 4.70. The van der Waals surface area contributed by atoms with Crippen LogP contribution in [0.4, 0.5) is 0 Å². The molecule has 2 unspecified atom stereocenters. The smallest absolute Gasteiger partial charge is 0.106 e. The van der Waals surface area contributed by atoms with Gasteiger partial charge in [0.1, 0.15) is 5.82 Å². The molecule has 16 heavy (non-hydrogen) atoms. The number of nitrogens with one attached hydrogen (secondary N) is 1. The van der Waals surface area contributed by atoms with Gasteiger partial charge in [-0.3, -0.25) is 0 Å². The van der Waals surface area contributed by atoms with Crippen LogP contribution in [0.1, 0.15) is 37.0 Å². The molecule has 0 saturated carbocycles. The van der Waals surface area contributed by atoms with Crippen LogP contribution in [0, 0.1) is 0 Å². The van der Waals surface area contributed by atoms with Gasteiger partial charge in [-0.25, -0.2) is 4.98 Å². The average Bonchev–Trinajstić information content (AvgIpc) is 2.67. The normalized spacial score (nSPS) is 21.8. The molecule has 2 rings (SSSR count). The molecule has 1 heterocycles. The number of fused-ring (bicyclic) bond motifs is 1. The van der Waals surface area contributed by atoms with Gasteiger partial charge in [-0.05, 0) is 26.2 Å². The van der Waals surface area contributed by atoms with E-state index in [1.54, 1.807) is 7.11 Å². The van der Waals surface area contributed by atoms with Gasteiger partial charge in [-0.15, -0.1) is 0 Å². The predicted octanol–water partition coefficient (Wildman–Crippen LogP) is 1.19. The first-order valence-electron chi connectivity index (χ1n) is 6.04. The highest BCUT2D eigenvalue weighted by atomic mass is 16.5. The van der Waals surface area contributed by atoms with Gasteiger partial charge in [-0.2, -0.15) is 0 Å². The highest BCUT2D eigenvalue weighted by Crippen LogP contribution is 2.19. The van der Waals surface area contributed by atoms with Gasteiger partial charge in [0.05, 0.1) is 11.8 Å². The van der Waals surface area contributed by atoms with E-state index >= 15 is 0 Å². The molecule has 4 nitrogen and oxygen atoms in total. The van der Waals surface area contributed by atoms with Crippen LogP contribution < -0.4 is 5.73 Å². The zero-order valence-electron chi connectivity index (χ0n) is 10.1. The van der Waals surface area contributed by atoms with Crippen molar-refractivity contribution in [3.8, 4) is 0 Å². The number of nitrogens with zero attached hydrogens (tertiary/aromatic N) is 1. The zero-order valence-corrected chi connectivity index (χ0v) is 10.1. The van der Waals surface area contributed by atoms with Crippen molar-refractivity contribution < 1.29 is 4.74 Å². The Labute approximate surface area is 96.6 Å². The Bertz CT molecular complexity index is 348. The molecule has 1 aliphatic carbocycles. The van der Waals surface area contributed by atoms with Crippen molar-refractivity contribution in [2.75, 3.05) is 7.11 Å². The van der Waals surface area contributed by atoms with Gasteiger partial charge in [0, 0.05) is 31.7 Å². The van der Waals surface area contributed by atoms with E-state index < -0.39 is 0 Å². The summed E-state index contributed by atoms with van der Waals surface area (Å²) < 4.78 is 5.23. The Morgan fingerprint density at radius 1 is 1.62 bits per heavy atom. The highest BCUT2D eigenvalue weighted by molar-refractivity contribution is 5.19. The van der Waals surface area contributed by atoms with E-state index in [1.165, 1.54) is 11.4 Å². The van der Waals surface area contributed by atoms with Gasteiger partial charge in [0.2, 0.25) is 0 Å². The van der Waals surface area contributed by atoms with Crippen molar-refractivity contribution >= 4 is 0 Å². The van der Waals surface area contributed by atoms with Crippen LogP contribution >= 0.6 is 0 Å². The summed E-state index contributed by atoms with van der Waals surface area (Å²) in [6, 6.07) is 0.304. The summed E-state index contributed by atoms with van der Waals surface area (Å²) in [4.78, 5) is 8.02. The first-order valence-corrected chi connectivity index (χ1v) is 6.04. The van der Waals surface area contributed by atoms with Crippen molar-refractivity contribution in [1.82, 2.24) is 9.97 Å². The number of aromatic amines is 1. The number of rotatable bonds is 4. The molecular weight excluding hydrogens is 202 g/mol. The van der Waals surface area contributed by atoms with Crippen molar-refractivity contribution in [2.45, 2.75) is 51.2 Å². The van der Waals surface area contributed by atoms with Gasteiger partial charge in [0.15, 0.2) is 0 Å². The second kappa shape index (κ2) is 4.97. The SMILES string of the molecule is COC(C)CCc1nc2c([nH]1)CC(N)CC2. The molecule has 0 aliphatic heterocycles. The standard InChI is InChI=1S/C12H21N3O/c1-8(16-2)3-6-12-14-10-5-4-9(13)7-11(10)15-12/h8-9H,3-7,13H2,1-2H3,(H,14,15). The number of aryl methyl sites for hydroxylation is 2. The molecule has 0 spiro atoms. The summed E-state index contributed by atoms with van der Waals surface area (Å²) in [5, 5.41) is 0. The lowest BCUT2D eigenvalue weighted by molar-refractivity contribution is 0.111. The summed E-state index contributed by atoms with van der Waals surface area (Å²) in [7, 11) is 1.75. The molecule has 2 atom stereocenters.